The van der Waals surface area contributed by atoms with Crippen molar-refractivity contribution in [3.8, 4) is 17.2 Å². The smallest absolute Gasteiger partial charge is 0.224 e. The Bertz CT molecular complexity index is 903. The van der Waals surface area contributed by atoms with Crippen LogP contribution >= 0.6 is 15.9 Å². The van der Waals surface area contributed by atoms with Crippen LogP contribution in [0, 0.1) is 0 Å². The van der Waals surface area contributed by atoms with Crippen molar-refractivity contribution < 1.29 is 4.39 Å². The monoisotopic (exact) mass is 429 g/mol. The maximum Gasteiger partial charge on any atom is 0.224 e. The summed E-state index contributed by atoms with van der Waals surface area (Å²) in [6.45, 7) is -0.472. The molecule has 0 aliphatic heterocycles. The summed E-state index contributed by atoms with van der Waals surface area (Å²) in [7, 11) is 0. The molecule has 2 heterocycles. The maximum atomic E-state index is 12.8. The van der Waals surface area contributed by atoms with Gasteiger partial charge in [0, 0.05) is 24.0 Å². The van der Waals surface area contributed by atoms with Gasteiger partial charge in [-0.1, -0.05) is 43.5 Å². The minimum absolute atomic E-state index is 0.441. The van der Waals surface area contributed by atoms with Crippen LogP contribution in [0.4, 0.5) is 10.3 Å². The number of hydrogen-bond acceptors (Lipinski definition) is 4. The number of alkyl halides is 1. The lowest BCUT2D eigenvalue weighted by molar-refractivity contribution is 0.461. The fourth-order valence-corrected chi connectivity index (χ4v) is 3.83. The summed E-state index contributed by atoms with van der Waals surface area (Å²) in [5, 5.41) is 3.46. The molecule has 1 aliphatic rings. The predicted octanol–water partition coefficient (Wildman–Crippen LogP) is 5.31. The van der Waals surface area contributed by atoms with Crippen molar-refractivity contribution in [3.05, 3.63) is 52.9 Å². The van der Waals surface area contributed by atoms with Gasteiger partial charge in [0.1, 0.15) is 22.9 Å². The molecule has 0 radical (unpaired) electrons. The van der Waals surface area contributed by atoms with E-state index in [1.165, 1.54) is 19.3 Å². The van der Waals surface area contributed by atoms with E-state index in [1.807, 2.05) is 29.0 Å². The van der Waals surface area contributed by atoms with Crippen LogP contribution < -0.4 is 5.32 Å². The molecule has 0 spiro atoms. The number of nitrogens with zero attached hydrogens (tertiary/aromatic N) is 4. The fourth-order valence-electron chi connectivity index (χ4n) is 3.46. The molecule has 0 atom stereocenters. The van der Waals surface area contributed by atoms with Gasteiger partial charge >= 0.3 is 0 Å². The van der Waals surface area contributed by atoms with E-state index < -0.39 is 6.67 Å². The molecule has 1 N–H and O–H groups in total. The van der Waals surface area contributed by atoms with Gasteiger partial charge in [0.2, 0.25) is 5.95 Å². The summed E-state index contributed by atoms with van der Waals surface area (Å²) in [5.41, 5.74) is 1.55. The van der Waals surface area contributed by atoms with Gasteiger partial charge in [-0.15, -0.1) is 0 Å². The fraction of sp³-hybridized carbons (Fsp3) is 0.350. The number of anilines is 1. The number of halogens is 2. The van der Waals surface area contributed by atoms with E-state index in [-0.39, 0.29) is 0 Å². The van der Waals surface area contributed by atoms with Gasteiger partial charge < -0.3 is 5.32 Å². The highest BCUT2D eigenvalue weighted by molar-refractivity contribution is 9.10. The summed E-state index contributed by atoms with van der Waals surface area (Å²) in [5.74, 6) is 2.13. The summed E-state index contributed by atoms with van der Waals surface area (Å²) in [6, 6.07) is 9.61. The zero-order chi connectivity index (χ0) is 18.6. The Labute approximate surface area is 166 Å². The lowest BCUT2D eigenvalue weighted by Gasteiger charge is -2.22. The Morgan fingerprint density at radius 1 is 1.07 bits per heavy atom. The summed E-state index contributed by atoms with van der Waals surface area (Å²) < 4.78 is 15.4. The first-order valence-electron chi connectivity index (χ1n) is 9.23. The molecule has 0 amide bonds. The van der Waals surface area contributed by atoms with Crippen molar-refractivity contribution in [2.45, 2.75) is 44.8 Å². The van der Waals surface area contributed by atoms with Crippen molar-refractivity contribution in [3.63, 3.8) is 0 Å². The van der Waals surface area contributed by atoms with E-state index in [2.05, 4.69) is 31.2 Å². The highest BCUT2D eigenvalue weighted by Gasteiger charge is 2.16. The summed E-state index contributed by atoms with van der Waals surface area (Å²) in [4.78, 5) is 13.6. The normalized spacial score (nSPS) is 15.0. The van der Waals surface area contributed by atoms with Crippen LogP contribution in [0.5, 0.6) is 0 Å². The van der Waals surface area contributed by atoms with Crippen LogP contribution in [0.15, 0.2) is 47.3 Å². The van der Waals surface area contributed by atoms with Crippen molar-refractivity contribution in [2.75, 3.05) is 5.32 Å². The molecule has 1 saturated carbocycles. The lowest BCUT2D eigenvalue weighted by Crippen LogP contribution is -2.23. The van der Waals surface area contributed by atoms with Gasteiger partial charge in [-0.25, -0.2) is 14.4 Å². The maximum absolute atomic E-state index is 12.8. The number of imidazole rings is 1. The number of nitrogens with one attached hydrogen (secondary N) is 1. The molecule has 4 rings (SSSR count). The molecule has 1 fully saturated rings. The number of benzene rings is 1. The van der Waals surface area contributed by atoms with Gasteiger partial charge in [0.05, 0.1) is 0 Å². The highest BCUT2D eigenvalue weighted by atomic mass is 79.9. The SMILES string of the molecule is FCc1ccc(-c2nc(Br)cn2-c2ccnc(NC3CCCCC3)n2)cc1. The van der Waals surface area contributed by atoms with Crippen molar-refractivity contribution in [1.82, 2.24) is 19.5 Å². The minimum Gasteiger partial charge on any atom is -0.351 e. The molecule has 1 aromatic carbocycles. The predicted molar refractivity (Wildman–Crippen MR) is 108 cm³/mol. The average Bonchev–Trinajstić information content (AvgIpc) is 3.11. The van der Waals surface area contributed by atoms with E-state index >= 15 is 0 Å². The van der Waals surface area contributed by atoms with Crippen molar-refractivity contribution in [1.29, 1.82) is 0 Å². The van der Waals surface area contributed by atoms with Crippen LogP contribution in [-0.2, 0) is 6.67 Å². The molecule has 0 unspecified atom stereocenters. The summed E-state index contributed by atoms with van der Waals surface area (Å²) >= 11 is 3.45. The number of hydrogen-bond donors (Lipinski definition) is 1. The van der Waals surface area contributed by atoms with Crippen molar-refractivity contribution >= 4 is 21.9 Å². The molecular formula is C20H21BrFN5. The first-order valence-corrected chi connectivity index (χ1v) is 10.0. The van der Waals surface area contributed by atoms with Gasteiger partial charge in [-0.05, 0) is 40.4 Å². The summed E-state index contributed by atoms with van der Waals surface area (Å²) in [6.07, 6.45) is 9.79. The van der Waals surface area contributed by atoms with Crippen LogP contribution in [0.25, 0.3) is 17.2 Å². The lowest BCUT2D eigenvalue weighted by atomic mass is 9.96. The molecule has 140 valence electrons. The molecule has 0 bridgehead atoms. The largest absolute Gasteiger partial charge is 0.351 e. The number of rotatable bonds is 5. The Balaban J connectivity index is 1.64. The molecule has 2 aromatic heterocycles. The number of aromatic nitrogens is 4. The molecule has 0 saturated heterocycles. The minimum atomic E-state index is -0.472. The van der Waals surface area contributed by atoms with E-state index in [1.54, 1.807) is 18.3 Å². The highest BCUT2D eigenvalue weighted by Crippen LogP contribution is 2.26. The van der Waals surface area contributed by atoms with E-state index in [0.717, 1.165) is 30.0 Å². The first-order chi connectivity index (χ1) is 13.2. The second kappa shape index (κ2) is 8.17. The van der Waals surface area contributed by atoms with Crippen LogP contribution in [0.3, 0.4) is 0 Å². The molecule has 5 nitrogen and oxygen atoms in total. The van der Waals surface area contributed by atoms with Gasteiger partial charge in [-0.3, -0.25) is 4.57 Å². The van der Waals surface area contributed by atoms with Crippen LogP contribution in [0.2, 0.25) is 0 Å². The molecular weight excluding hydrogens is 409 g/mol. The average molecular weight is 430 g/mol. The third kappa shape index (κ3) is 4.18. The topological polar surface area (TPSA) is 55.6 Å². The first kappa shape index (κ1) is 18.1. The quantitative estimate of drug-likeness (QED) is 0.597. The van der Waals surface area contributed by atoms with E-state index in [4.69, 9.17) is 4.98 Å². The Kier molecular flexibility index (Phi) is 5.48. The molecule has 7 heteroatoms. The standard InChI is InChI=1S/C20H21BrFN5/c21-17-13-27(19(25-17)15-8-6-14(12-22)7-9-15)18-10-11-23-20(26-18)24-16-4-2-1-3-5-16/h6-11,13,16H,1-5,12H2,(H,23,24,26). The Hall–Kier alpha value is -2.28. The second-order valence-electron chi connectivity index (χ2n) is 6.81. The van der Waals surface area contributed by atoms with Gasteiger partial charge in [0.15, 0.2) is 0 Å². The zero-order valence-electron chi connectivity index (χ0n) is 14.9. The Morgan fingerprint density at radius 2 is 1.85 bits per heavy atom. The van der Waals surface area contributed by atoms with Crippen LogP contribution in [0.1, 0.15) is 37.7 Å². The Morgan fingerprint density at radius 3 is 2.59 bits per heavy atom. The molecule has 1 aliphatic carbocycles. The third-order valence-corrected chi connectivity index (χ3v) is 5.25. The van der Waals surface area contributed by atoms with E-state index in [0.29, 0.717) is 22.2 Å². The van der Waals surface area contributed by atoms with Gasteiger partial charge in [0.25, 0.3) is 0 Å². The van der Waals surface area contributed by atoms with Crippen molar-refractivity contribution in [2.24, 2.45) is 0 Å². The second-order valence-corrected chi connectivity index (χ2v) is 7.62. The third-order valence-electron chi connectivity index (χ3n) is 4.87. The van der Waals surface area contributed by atoms with Crippen LogP contribution in [-0.4, -0.2) is 25.6 Å². The molecule has 3 aromatic rings. The van der Waals surface area contributed by atoms with E-state index in [9.17, 15) is 4.39 Å². The molecule has 27 heavy (non-hydrogen) atoms. The van der Waals surface area contributed by atoms with Gasteiger partial charge in [-0.2, -0.15) is 4.98 Å². The zero-order valence-corrected chi connectivity index (χ0v) is 16.5.